The average Bonchev–Trinajstić information content (AvgIpc) is 3.13. The molecular formula is C24H15BrN2S. The molecule has 0 unspecified atom stereocenters. The fourth-order valence-corrected chi connectivity index (χ4v) is 4.51. The van der Waals surface area contributed by atoms with Gasteiger partial charge in [-0.2, -0.15) is 5.26 Å². The summed E-state index contributed by atoms with van der Waals surface area (Å²) in [5, 5.41) is 10.7. The molecule has 4 heteroatoms. The van der Waals surface area contributed by atoms with Gasteiger partial charge in [0.15, 0.2) is 0 Å². The van der Waals surface area contributed by atoms with Crippen molar-refractivity contribution in [2.45, 2.75) is 0 Å². The Morgan fingerprint density at radius 3 is 2.07 bits per heavy atom. The molecule has 0 aliphatic carbocycles. The Hall–Kier alpha value is -3.00. The van der Waals surface area contributed by atoms with E-state index < -0.39 is 0 Å². The first-order valence-electron chi connectivity index (χ1n) is 8.74. The number of benzene rings is 3. The number of nitriles is 1. The maximum atomic E-state index is 9.95. The van der Waals surface area contributed by atoms with E-state index in [2.05, 4.69) is 39.1 Å². The van der Waals surface area contributed by atoms with Crippen molar-refractivity contribution in [1.29, 1.82) is 5.26 Å². The van der Waals surface area contributed by atoms with E-state index >= 15 is 0 Å². The zero-order valence-corrected chi connectivity index (χ0v) is 17.2. The largest absolute Gasteiger partial charge is 0.244 e. The highest BCUT2D eigenvalue weighted by Crippen LogP contribution is 2.46. The minimum Gasteiger partial charge on any atom is -0.244 e. The van der Waals surface area contributed by atoms with Crippen LogP contribution >= 0.6 is 27.3 Å². The zero-order chi connectivity index (χ0) is 19.3. The summed E-state index contributed by atoms with van der Waals surface area (Å²) in [6.07, 6.45) is 1.81. The highest BCUT2D eigenvalue weighted by Gasteiger charge is 2.20. The van der Waals surface area contributed by atoms with E-state index in [1.54, 1.807) is 17.6 Å². The molecule has 1 aromatic heterocycles. The molecule has 0 atom stereocenters. The van der Waals surface area contributed by atoms with Crippen LogP contribution in [0.25, 0.3) is 21.6 Å². The lowest BCUT2D eigenvalue weighted by atomic mass is 9.99. The highest BCUT2D eigenvalue weighted by atomic mass is 79.9. The maximum absolute atomic E-state index is 9.95. The Labute approximate surface area is 176 Å². The molecular weight excluding hydrogens is 428 g/mol. The standard InChI is InChI=1S/C24H15BrN2S/c25-21-14-8-7-13-19(21)16-27-24-20(15-26)22(17-9-3-1-4-10-17)23(28-24)18-11-5-2-6-12-18/h1-14,16H. The summed E-state index contributed by atoms with van der Waals surface area (Å²) in [4.78, 5) is 5.74. The third kappa shape index (κ3) is 3.68. The lowest BCUT2D eigenvalue weighted by Gasteiger charge is -2.05. The molecule has 0 bridgehead atoms. The molecule has 1 heterocycles. The van der Waals surface area contributed by atoms with E-state index in [9.17, 15) is 5.26 Å². The Bertz CT molecular complexity index is 1170. The smallest absolute Gasteiger partial charge is 0.135 e. The van der Waals surface area contributed by atoms with Crippen LogP contribution in [0.4, 0.5) is 5.00 Å². The van der Waals surface area contributed by atoms with Crippen molar-refractivity contribution in [1.82, 2.24) is 0 Å². The quantitative estimate of drug-likeness (QED) is 0.302. The van der Waals surface area contributed by atoms with Crippen LogP contribution in [0.1, 0.15) is 11.1 Å². The van der Waals surface area contributed by atoms with Gasteiger partial charge in [0.1, 0.15) is 11.1 Å². The van der Waals surface area contributed by atoms with Gasteiger partial charge in [0, 0.05) is 26.7 Å². The summed E-state index contributed by atoms with van der Waals surface area (Å²) in [6, 6.07) is 30.5. The first-order valence-corrected chi connectivity index (χ1v) is 10.3. The maximum Gasteiger partial charge on any atom is 0.135 e. The number of nitrogens with zero attached hydrogens (tertiary/aromatic N) is 2. The molecule has 0 fully saturated rings. The molecule has 0 aliphatic rings. The minimum atomic E-state index is 0.610. The minimum absolute atomic E-state index is 0.610. The Kier molecular flexibility index (Phi) is 5.48. The van der Waals surface area contributed by atoms with Crippen molar-refractivity contribution in [2.24, 2.45) is 4.99 Å². The van der Waals surface area contributed by atoms with E-state index in [1.165, 1.54) is 0 Å². The number of aliphatic imine (C=N–C) groups is 1. The third-order valence-corrected chi connectivity index (χ3v) is 6.20. The fraction of sp³-hybridized carbons (Fsp3) is 0. The average molecular weight is 443 g/mol. The predicted octanol–water partition coefficient (Wildman–Crippen LogP) is 7.47. The van der Waals surface area contributed by atoms with E-state index in [-0.39, 0.29) is 0 Å². The third-order valence-electron chi connectivity index (χ3n) is 4.33. The summed E-state index contributed by atoms with van der Waals surface area (Å²) in [7, 11) is 0. The van der Waals surface area contributed by atoms with Crippen molar-refractivity contribution in [3.63, 3.8) is 0 Å². The molecule has 0 aliphatic heterocycles. The summed E-state index contributed by atoms with van der Waals surface area (Å²) in [5.41, 5.74) is 4.64. The molecule has 4 aromatic rings. The lowest BCUT2D eigenvalue weighted by molar-refractivity contribution is 1.48. The second-order valence-electron chi connectivity index (χ2n) is 6.11. The topological polar surface area (TPSA) is 36.1 Å². The summed E-state index contributed by atoms with van der Waals surface area (Å²) < 4.78 is 0.973. The van der Waals surface area contributed by atoms with Gasteiger partial charge >= 0.3 is 0 Å². The number of rotatable bonds is 4. The van der Waals surface area contributed by atoms with Crippen molar-refractivity contribution in [3.8, 4) is 27.6 Å². The first-order chi connectivity index (χ1) is 13.8. The molecule has 0 spiro atoms. The van der Waals surface area contributed by atoms with Gasteiger partial charge in [-0.1, -0.05) is 94.8 Å². The van der Waals surface area contributed by atoms with Crippen molar-refractivity contribution >= 4 is 38.5 Å². The van der Waals surface area contributed by atoms with E-state index in [0.29, 0.717) is 5.56 Å². The SMILES string of the molecule is N#Cc1c(N=Cc2ccccc2Br)sc(-c2ccccc2)c1-c1ccccc1. The number of thiophene rings is 1. The number of hydrogen-bond acceptors (Lipinski definition) is 3. The molecule has 0 amide bonds. The van der Waals surface area contributed by atoms with Crippen LogP contribution in [0.3, 0.4) is 0 Å². The van der Waals surface area contributed by atoms with Crippen LogP contribution < -0.4 is 0 Å². The Morgan fingerprint density at radius 1 is 0.821 bits per heavy atom. The van der Waals surface area contributed by atoms with Crippen LogP contribution in [-0.4, -0.2) is 6.21 Å². The second-order valence-corrected chi connectivity index (χ2v) is 7.96. The van der Waals surface area contributed by atoms with Crippen LogP contribution in [0, 0.1) is 11.3 Å². The van der Waals surface area contributed by atoms with Crippen LogP contribution in [0.15, 0.2) is 94.4 Å². The van der Waals surface area contributed by atoms with E-state index in [4.69, 9.17) is 0 Å². The lowest BCUT2D eigenvalue weighted by Crippen LogP contribution is -1.84. The van der Waals surface area contributed by atoms with Gasteiger partial charge in [0.05, 0.1) is 5.56 Å². The van der Waals surface area contributed by atoms with Crippen LogP contribution in [0.2, 0.25) is 0 Å². The van der Waals surface area contributed by atoms with Gasteiger partial charge in [-0.3, -0.25) is 0 Å². The molecule has 0 saturated carbocycles. The number of hydrogen-bond donors (Lipinski definition) is 0. The molecule has 28 heavy (non-hydrogen) atoms. The van der Waals surface area contributed by atoms with Gasteiger partial charge in [0.25, 0.3) is 0 Å². The summed E-state index contributed by atoms with van der Waals surface area (Å²) in [6.45, 7) is 0. The van der Waals surface area contributed by atoms with Crippen molar-refractivity contribution in [2.75, 3.05) is 0 Å². The molecule has 4 rings (SSSR count). The van der Waals surface area contributed by atoms with Crippen molar-refractivity contribution < 1.29 is 0 Å². The fourth-order valence-electron chi connectivity index (χ4n) is 2.99. The Balaban J connectivity index is 1.90. The van der Waals surface area contributed by atoms with Gasteiger partial charge in [-0.15, -0.1) is 11.3 Å². The van der Waals surface area contributed by atoms with E-state index in [0.717, 1.165) is 36.6 Å². The Morgan fingerprint density at radius 2 is 1.43 bits per heavy atom. The van der Waals surface area contributed by atoms with Gasteiger partial charge in [0.2, 0.25) is 0 Å². The number of halogens is 1. The summed E-state index contributed by atoms with van der Waals surface area (Å²) in [5.74, 6) is 0. The first kappa shape index (κ1) is 18.4. The van der Waals surface area contributed by atoms with Gasteiger partial charge in [-0.05, 0) is 17.2 Å². The molecule has 0 N–H and O–H groups in total. The van der Waals surface area contributed by atoms with Gasteiger partial charge in [-0.25, -0.2) is 4.99 Å². The molecule has 0 saturated heterocycles. The molecule has 0 radical (unpaired) electrons. The molecule has 3 aromatic carbocycles. The highest BCUT2D eigenvalue weighted by molar-refractivity contribution is 9.10. The van der Waals surface area contributed by atoms with Crippen LogP contribution in [0.5, 0.6) is 0 Å². The molecule has 134 valence electrons. The normalized spacial score (nSPS) is 10.9. The second kappa shape index (κ2) is 8.35. The molecule has 2 nitrogen and oxygen atoms in total. The summed E-state index contributed by atoms with van der Waals surface area (Å²) >= 11 is 5.09. The van der Waals surface area contributed by atoms with Gasteiger partial charge < -0.3 is 0 Å². The van der Waals surface area contributed by atoms with Crippen LogP contribution in [-0.2, 0) is 0 Å². The van der Waals surface area contributed by atoms with Crippen molar-refractivity contribution in [3.05, 3.63) is 101 Å². The zero-order valence-electron chi connectivity index (χ0n) is 14.8. The van der Waals surface area contributed by atoms with E-state index in [1.807, 2.05) is 72.8 Å². The monoisotopic (exact) mass is 442 g/mol. The predicted molar refractivity (Wildman–Crippen MR) is 121 cm³/mol.